The highest BCUT2D eigenvalue weighted by Gasteiger charge is 2.25. The van der Waals surface area contributed by atoms with E-state index in [1.807, 2.05) is 6.92 Å². The maximum absolute atomic E-state index is 5.80. The van der Waals surface area contributed by atoms with E-state index in [1.54, 1.807) is 0 Å². The number of likely N-dealkylation sites (N-methyl/N-ethyl adjacent to an activating group) is 1. The molecule has 0 spiro atoms. The monoisotopic (exact) mass is 271 g/mol. The van der Waals surface area contributed by atoms with Crippen molar-refractivity contribution in [1.82, 2.24) is 19.9 Å². The molecule has 1 aliphatic carbocycles. The van der Waals surface area contributed by atoms with Crippen LogP contribution >= 0.6 is 11.6 Å². The van der Waals surface area contributed by atoms with Crippen molar-refractivity contribution < 1.29 is 4.74 Å². The van der Waals surface area contributed by atoms with E-state index in [9.17, 15) is 0 Å². The van der Waals surface area contributed by atoms with Crippen molar-refractivity contribution in [1.29, 1.82) is 0 Å². The second kappa shape index (κ2) is 6.15. The van der Waals surface area contributed by atoms with Crippen molar-refractivity contribution in [3.8, 4) is 6.01 Å². The Hall–Kier alpha value is -1.14. The molecule has 0 bridgehead atoms. The van der Waals surface area contributed by atoms with E-state index in [0.717, 1.165) is 19.1 Å². The summed E-state index contributed by atoms with van der Waals surface area (Å²) in [7, 11) is 2.10. The third kappa shape index (κ3) is 3.96. The molecule has 6 nitrogen and oxygen atoms in total. The second-order valence-corrected chi connectivity index (χ2v) is 4.64. The number of rotatable bonds is 7. The Balaban J connectivity index is 1.83. The lowest BCUT2D eigenvalue weighted by atomic mass is 10.5. The van der Waals surface area contributed by atoms with Crippen LogP contribution in [-0.4, -0.2) is 52.6 Å². The Bertz CT molecular complexity index is 399. The van der Waals surface area contributed by atoms with Gasteiger partial charge in [0.2, 0.25) is 11.2 Å². The van der Waals surface area contributed by atoms with Gasteiger partial charge in [0.25, 0.3) is 0 Å². The molecule has 1 fully saturated rings. The maximum Gasteiger partial charge on any atom is 0.322 e. The van der Waals surface area contributed by atoms with Crippen LogP contribution in [0.5, 0.6) is 6.01 Å². The van der Waals surface area contributed by atoms with E-state index in [0.29, 0.717) is 12.6 Å². The van der Waals surface area contributed by atoms with Crippen molar-refractivity contribution in [3.05, 3.63) is 5.28 Å². The molecule has 0 atom stereocenters. The molecule has 100 valence electrons. The van der Waals surface area contributed by atoms with Gasteiger partial charge < -0.3 is 15.0 Å². The van der Waals surface area contributed by atoms with Gasteiger partial charge in [-0.15, -0.1) is 0 Å². The Labute approximate surface area is 112 Å². The minimum Gasteiger partial charge on any atom is -0.462 e. The number of nitrogens with zero attached hydrogens (tertiary/aromatic N) is 4. The highest BCUT2D eigenvalue weighted by molar-refractivity contribution is 6.28. The average Bonchev–Trinajstić information content (AvgIpc) is 3.12. The predicted molar refractivity (Wildman–Crippen MR) is 70.1 cm³/mol. The summed E-state index contributed by atoms with van der Waals surface area (Å²) in [5.74, 6) is 0.447. The number of aromatic nitrogens is 3. The van der Waals surface area contributed by atoms with Crippen LogP contribution in [0.4, 0.5) is 5.95 Å². The zero-order valence-electron chi connectivity index (χ0n) is 10.7. The molecular formula is C11H18ClN5O. The van der Waals surface area contributed by atoms with E-state index in [-0.39, 0.29) is 11.3 Å². The molecule has 7 heteroatoms. The van der Waals surface area contributed by atoms with Gasteiger partial charge in [0.05, 0.1) is 0 Å². The quantitative estimate of drug-likeness (QED) is 0.809. The fraction of sp³-hybridized carbons (Fsp3) is 0.727. The predicted octanol–water partition coefficient (Wildman–Crippen LogP) is 1.43. The SMILES string of the molecule is CCNc1nc(Cl)nc(OCCN(C)C2CC2)n1. The van der Waals surface area contributed by atoms with Gasteiger partial charge >= 0.3 is 6.01 Å². The lowest BCUT2D eigenvalue weighted by Crippen LogP contribution is -2.26. The molecule has 1 aliphatic rings. The van der Waals surface area contributed by atoms with Gasteiger partial charge in [-0.25, -0.2) is 0 Å². The Morgan fingerprint density at radius 3 is 2.83 bits per heavy atom. The van der Waals surface area contributed by atoms with Gasteiger partial charge in [-0.3, -0.25) is 0 Å². The first-order chi connectivity index (χ1) is 8.69. The Kier molecular flexibility index (Phi) is 4.54. The van der Waals surface area contributed by atoms with Crippen molar-refractivity contribution in [2.24, 2.45) is 0 Å². The van der Waals surface area contributed by atoms with Gasteiger partial charge in [-0.2, -0.15) is 15.0 Å². The second-order valence-electron chi connectivity index (χ2n) is 4.30. The van der Waals surface area contributed by atoms with E-state index in [1.165, 1.54) is 12.8 Å². The average molecular weight is 272 g/mol. The molecule has 1 heterocycles. The summed E-state index contributed by atoms with van der Waals surface area (Å²) in [5.41, 5.74) is 0. The molecule has 0 radical (unpaired) electrons. The van der Waals surface area contributed by atoms with Crippen LogP contribution in [0.1, 0.15) is 19.8 Å². The molecule has 0 aromatic carbocycles. The number of nitrogens with one attached hydrogen (secondary N) is 1. The maximum atomic E-state index is 5.80. The fourth-order valence-electron chi connectivity index (χ4n) is 1.61. The highest BCUT2D eigenvalue weighted by atomic mass is 35.5. The van der Waals surface area contributed by atoms with Crippen molar-refractivity contribution in [2.75, 3.05) is 32.1 Å². The number of halogens is 1. The van der Waals surface area contributed by atoms with E-state index < -0.39 is 0 Å². The smallest absolute Gasteiger partial charge is 0.322 e. The molecule has 0 amide bonds. The van der Waals surface area contributed by atoms with E-state index in [4.69, 9.17) is 16.3 Å². The lowest BCUT2D eigenvalue weighted by Gasteiger charge is -2.15. The molecule has 1 aromatic heterocycles. The van der Waals surface area contributed by atoms with Gasteiger partial charge in [0, 0.05) is 19.1 Å². The normalized spacial score (nSPS) is 14.9. The van der Waals surface area contributed by atoms with Crippen LogP contribution in [-0.2, 0) is 0 Å². The third-order valence-electron chi connectivity index (χ3n) is 2.77. The first-order valence-corrected chi connectivity index (χ1v) is 6.55. The van der Waals surface area contributed by atoms with Crippen LogP contribution in [0.25, 0.3) is 0 Å². The Morgan fingerprint density at radius 1 is 1.39 bits per heavy atom. The van der Waals surface area contributed by atoms with Gasteiger partial charge in [-0.1, -0.05) is 0 Å². The van der Waals surface area contributed by atoms with Crippen LogP contribution in [0.2, 0.25) is 5.28 Å². The standard InChI is InChI=1S/C11H18ClN5O/c1-3-13-10-14-9(12)15-11(16-10)18-7-6-17(2)8-4-5-8/h8H,3-7H2,1-2H3,(H,13,14,15,16). The summed E-state index contributed by atoms with van der Waals surface area (Å²) in [5, 5.41) is 3.12. The molecular weight excluding hydrogens is 254 g/mol. The van der Waals surface area contributed by atoms with Gasteiger partial charge in [-0.05, 0) is 38.4 Å². The summed E-state index contributed by atoms with van der Waals surface area (Å²) < 4.78 is 5.49. The van der Waals surface area contributed by atoms with Crippen molar-refractivity contribution >= 4 is 17.5 Å². The first kappa shape index (κ1) is 13.3. The van der Waals surface area contributed by atoms with Crippen LogP contribution in [0.15, 0.2) is 0 Å². The zero-order valence-corrected chi connectivity index (χ0v) is 11.4. The number of ether oxygens (including phenoxy) is 1. The number of hydrogen-bond acceptors (Lipinski definition) is 6. The fourth-order valence-corrected chi connectivity index (χ4v) is 1.76. The van der Waals surface area contributed by atoms with Gasteiger partial charge in [0.15, 0.2) is 0 Å². The van der Waals surface area contributed by atoms with Crippen LogP contribution in [0, 0.1) is 0 Å². The Morgan fingerprint density at radius 2 is 2.17 bits per heavy atom. The van der Waals surface area contributed by atoms with Crippen molar-refractivity contribution in [2.45, 2.75) is 25.8 Å². The van der Waals surface area contributed by atoms with E-state index in [2.05, 4.69) is 32.2 Å². The third-order valence-corrected chi connectivity index (χ3v) is 2.94. The number of hydrogen-bond donors (Lipinski definition) is 1. The summed E-state index contributed by atoms with van der Waals surface area (Å²) in [6.07, 6.45) is 2.58. The highest BCUT2D eigenvalue weighted by Crippen LogP contribution is 2.24. The molecule has 1 aromatic rings. The molecule has 18 heavy (non-hydrogen) atoms. The topological polar surface area (TPSA) is 63.2 Å². The molecule has 2 rings (SSSR count). The van der Waals surface area contributed by atoms with E-state index >= 15 is 0 Å². The van der Waals surface area contributed by atoms with Crippen molar-refractivity contribution in [3.63, 3.8) is 0 Å². The molecule has 0 unspecified atom stereocenters. The number of anilines is 1. The lowest BCUT2D eigenvalue weighted by molar-refractivity contribution is 0.220. The molecule has 0 aliphatic heterocycles. The first-order valence-electron chi connectivity index (χ1n) is 6.17. The molecule has 1 saturated carbocycles. The molecule has 1 N–H and O–H groups in total. The summed E-state index contributed by atoms with van der Waals surface area (Å²) in [4.78, 5) is 14.3. The van der Waals surface area contributed by atoms with Crippen LogP contribution in [0.3, 0.4) is 0 Å². The minimum absolute atomic E-state index is 0.145. The largest absolute Gasteiger partial charge is 0.462 e. The van der Waals surface area contributed by atoms with Crippen LogP contribution < -0.4 is 10.1 Å². The summed E-state index contributed by atoms with van der Waals surface area (Å²) in [6, 6.07) is 1.00. The summed E-state index contributed by atoms with van der Waals surface area (Å²) in [6.45, 7) is 4.11. The molecule has 0 saturated heterocycles. The minimum atomic E-state index is 0.145. The zero-order chi connectivity index (χ0) is 13.0. The van der Waals surface area contributed by atoms with Gasteiger partial charge in [0.1, 0.15) is 6.61 Å². The summed E-state index contributed by atoms with van der Waals surface area (Å²) >= 11 is 5.80.